The Kier molecular flexibility index (Phi) is 4.91. The third-order valence-electron chi connectivity index (χ3n) is 3.72. The van der Waals surface area contributed by atoms with Crippen LogP contribution < -0.4 is 0 Å². The van der Waals surface area contributed by atoms with E-state index in [9.17, 15) is 9.50 Å². The van der Waals surface area contributed by atoms with Crippen LogP contribution in [0.4, 0.5) is 4.39 Å². The predicted molar refractivity (Wildman–Crippen MR) is 80.3 cm³/mol. The van der Waals surface area contributed by atoms with E-state index in [-0.39, 0.29) is 18.3 Å². The Morgan fingerprint density at radius 3 is 2.30 bits per heavy atom. The lowest BCUT2D eigenvalue weighted by Gasteiger charge is -2.16. The fourth-order valence-corrected chi connectivity index (χ4v) is 2.46. The van der Waals surface area contributed by atoms with Crippen molar-refractivity contribution in [2.24, 2.45) is 5.92 Å². The van der Waals surface area contributed by atoms with Crippen molar-refractivity contribution in [2.45, 2.75) is 26.7 Å². The number of benzene rings is 2. The molecule has 1 nitrogen and oxygen atoms in total. The van der Waals surface area contributed by atoms with Crippen LogP contribution in [-0.4, -0.2) is 11.7 Å². The number of halogens is 1. The van der Waals surface area contributed by atoms with Gasteiger partial charge in [0, 0.05) is 6.61 Å². The maximum Gasteiger partial charge on any atom is 0.123 e. The fraction of sp³-hybridized carbons (Fsp3) is 0.333. The van der Waals surface area contributed by atoms with Crippen LogP contribution in [0.25, 0.3) is 0 Å². The second-order valence-corrected chi connectivity index (χ2v) is 5.51. The van der Waals surface area contributed by atoms with Gasteiger partial charge in [-0.25, -0.2) is 4.39 Å². The molecule has 20 heavy (non-hydrogen) atoms. The summed E-state index contributed by atoms with van der Waals surface area (Å²) in [6.45, 7) is 4.12. The molecule has 2 aromatic carbocycles. The standard InChI is InChI=1S/C18H21FO/c1-13-3-5-15(6-4-13)10-16(12-20)11-17-7-8-18(19)9-14(17)2/h3-9,16,20H,10-12H2,1-2H3. The summed E-state index contributed by atoms with van der Waals surface area (Å²) in [7, 11) is 0. The normalized spacial score (nSPS) is 12.4. The van der Waals surface area contributed by atoms with Crippen LogP contribution in [0, 0.1) is 25.6 Å². The molecule has 2 rings (SSSR count). The molecule has 0 aliphatic heterocycles. The van der Waals surface area contributed by atoms with Crippen LogP contribution in [0.5, 0.6) is 0 Å². The Balaban J connectivity index is 2.07. The maximum atomic E-state index is 13.1. The number of rotatable bonds is 5. The van der Waals surface area contributed by atoms with Crippen molar-refractivity contribution in [1.29, 1.82) is 0 Å². The molecule has 1 unspecified atom stereocenters. The highest BCUT2D eigenvalue weighted by Crippen LogP contribution is 2.18. The maximum absolute atomic E-state index is 13.1. The lowest BCUT2D eigenvalue weighted by molar-refractivity contribution is 0.225. The van der Waals surface area contributed by atoms with Gasteiger partial charge in [-0.05, 0) is 61.4 Å². The van der Waals surface area contributed by atoms with Crippen LogP contribution in [-0.2, 0) is 12.8 Å². The van der Waals surface area contributed by atoms with Crippen molar-refractivity contribution >= 4 is 0 Å². The first-order chi connectivity index (χ1) is 9.58. The van der Waals surface area contributed by atoms with Gasteiger partial charge < -0.3 is 5.11 Å². The Morgan fingerprint density at radius 1 is 1.00 bits per heavy atom. The summed E-state index contributed by atoms with van der Waals surface area (Å²) < 4.78 is 13.1. The zero-order valence-corrected chi connectivity index (χ0v) is 12.1. The average Bonchev–Trinajstić information content (AvgIpc) is 2.43. The first-order valence-electron chi connectivity index (χ1n) is 7.00. The molecule has 0 amide bonds. The molecule has 0 saturated carbocycles. The minimum Gasteiger partial charge on any atom is -0.396 e. The van der Waals surface area contributed by atoms with Gasteiger partial charge in [0.15, 0.2) is 0 Å². The van der Waals surface area contributed by atoms with Crippen LogP contribution in [0.3, 0.4) is 0 Å². The van der Waals surface area contributed by atoms with E-state index in [2.05, 4.69) is 31.2 Å². The van der Waals surface area contributed by atoms with E-state index in [1.807, 2.05) is 13.0 Å². The first-order valence-corrected chi connectivity index (χ1v) is 7.00. The van der Waals surface area contributed by atoms with Gasteiger partial charge in [-0.2, -0.15) is 0 Å². The summed E-state index contributed by atoms with van der Waals surface area (Å²) in [5.41, 5.74) is 4.53. The van der Waals surface area contributed by atoms with Crippen molar-refractivity contribution in [3.8, 4) is 0 Å². The highest BCUT2D eigenvalue weighted by Gasteiger charge is 2.11. The Morgan fingerprint density at radius 2 is 1.70 bits per heavy atom. The third kappa shape index (κ3) is 3.91. The van der Waals surface area contributed by atoms with Gasteiger partial charge in [-0.3, -0.25) is 0 Å². The minimum absolute atomic E-state index is 0.144. The molecular weight excluding hydrogens is 251 g/mol. The SMILES string of the molecule is Cc1ccc(CC(CO)Cc2ccc(F)cc2C)cc1. The molecule has 0 radical (unpaired) electrons. The molecule has 0 heterocycles. The molecule has 0 spiro atoms. The zero-order chi connectivity index (χ0) is 14.5. The summed E-state index contributed by atoms with van der Waals surface area (Å²) in [5.74, 6) is -0.0350. The molecule has 0 aliphatic carbocycles. The highest BCUT2D eigenvalue weighted by atomic mass is 19.1. The van der Waals surface area contributed by atoms with Gasteiger partial charge >= 0.3 is 0 Å². The third-order valence-corrected chi connectivity index (χ3v) is 3.72. The van der Waals surface area contributed by atoms with Crippen LogP contribution in [0.15, 0.2) is 42.5 Å². The Labute approximate surface area is 120 Å². The molecule has 0 bridgehead atoms. The molecule has 106 valence electrons. The van der Waals surface area contributed by atoms with Gasteiger partial charge in [0.1, 0.15) is 5.82 Å². The van der Waals surface area contributed by atoms with Crippen molar-refractivity contribution in [2.75, 3.05) is 6.61 Å². The molecule has 2 heteroatoms. The van der Waals surface area contributed by atoms with E-state index in [4.69, 9.17) is 0 Å². The van der Waals surface area contributed by atoms with E-state index in [0.717, 1.165) is 24.0 Å². The fourth-order valence-electron chi connectivity index (χ4n) is 2.46. The quantitative estimate of drug-likeness (QED) is 0.877. The van der Waals surface area contributed by atoms with Crippen molar-refractivity contribution < 1.29 is 9.50 Å². The first kappa shape index (κ1) is 14.7. The summed E-state index contributed by atoms with van der Waals surface area (Å²) in [4.78, 5) is 0. The van der Waals surface area contributed by atoms with Gasteiger partial charge in [-0.1, -0.05) is 35.9 Å². The van der Waals surface area contributed by atoms with E-state index < -0.39 is 0 Å². The molecule has 1 atom stereocenters. The van der Waals surface area contributed by atoms with Gasteiger partial charge in [0.2, 0.25) is 0 Å². The number of hydrogen-bond donors (Lipinski definition) is 1. The Hall–Kier alpha value is -1.67. The summed E-state index contributed by atoms with van der Waals surface area (Å²) in [6, 6.07) is 13.3. The summed E-state index contributed by atoms with van der Waals surface area (Å²) in [6.07, 6.45) is 1.62. The molecule has 0 aliphatic rings. The Bertz CT molecular complexity index is 560. The van der Waals surface area contributed by atoms with Crippen LogP contribution in [0.2, 0.25) is 0 Å². The number of aliphatic hydroxyl groups is 1. The van der Waals surface area contributed by atoms with Gasteiger partial charge in [0.05, 0.1) is 0 Å². The van der Waals surface area contributed by atoms with Crippen molar-refractivity contribution in [1.82, 2.24) is 0 Å². The second kappa shape index (κ2) is 6.67. The van der Waals surface area contributed by atoms with Crippen molar-refractivity contribution in [3.05, 3.63) is 70.5 Å². The number of hydrogen-bond acceptors (Lipinski definition) is 1. The van der Waals surface area contributed by atoms with Crippen molar-refractivity contribution in [3.63, 3.8) is 0 Å². The molecule has 0 fully saturated rings. The lowest BCUT2D eigenvalue weighted by Crippen LogP contribution is -2.13. The number of aliphatic hydroxyl groups excluding tert-OH is 1. The van der Waals surface area contributed by atoms with Gasteiger partial charge in [-0.15, -0.1) is 0 Å². The van der Waals surface area contributed by atoms with E-state index in [1.165, 1.54) is 17.2 Å². The average molecular weight is 272 g/mol. The molecule has 0 saturated heterocycles. The summed E-state index contributed by atoms with van der Waals surface area (Å²) in [5, 5.41) is 9.57. The van der Waals surface area contributed by atoms with Crippen LogP contribution in [0.1, 0.15) is 22.3 Å². The zero-order valence-electron chi connectivity index (χ0n) is 12.1. The monoisotopic (exact) mass is 272 g/mol. The molecule has 0 aromatic heterocycles. The number of aryl methyl sites for hydroxylation is 2. The largest absolute Gasteiger partial charge is 0.396 e. The predicted octanol–water partition coefficient (Wildman–Crippen LogP) is 3.84. The van der Waals surface area contributed by atoms with Gasteiger partial charge in [0.25, 0.3) is 0 Å². The minimum atomic E-state index is -0.203. The molecular formula is C18H21FO. The highest BCUT2D eigenvalue weighted by molar-refractivity contribution is 5.28. The second-order valence-electron chi connectivity index (χ2n) is 5.51. The van der Waals surface area contributed by atoms with E-state index in [1.54, 1.807) is 6.07 Å². The lowest BCUT2D eigenvalue weighted by atomic mass is 9.91. The van der Waals surface area contributed by atoms with E-state index >= 15 is 0 Å². The molecule has 1 N–H and O–H groups in total. The van der Waals surface area contributed by atoms with E-state index in [0.29, 0.717) is 0 Å². The summed E-state index contributed by atoms with van der Waals surface area (Å²) >= 11 is 0. The van der Waals surface area contributed by atoms with Crippen LogP contribution >= 0.6 is 0 Å². The topological polar surface area (TPSA) is 20.2 Å². The smallest absolute Gasteiger partial charge is 0.123 e. The molecule has 2 aromatic rings.